The second-order valence-electron chi connectivity index (χ2n) is 5.41. The molecule has 0 spiro atoms. The smallest absolute Gasteiger partial charge is 0.341 e. The molecule has 1 saturated carbocycles. The predicted octanol–water partition coefficient (Wildman–Crippen LogP) is 3.11. The van der Waals surface area contributed by atoms with Gasteiger partial charge in [0, 0.05) is 12.7 Å². The lowest BCUT2D eigenvalue weighted by molar-refractivity contribution is 0.0601. The lowest BCUT2D eigenvalue weighted by atomic mass is 9.82. The van der Waals surface area contributed by atoms with Crippen molar-refractivity contribution in [1.82, 2.24) is 4.98 Å². The first-order valence-electron chi connectivity index (χ1n) is 6.98. The highest BCUT2D eigenvalue weighted by Crippen LogP contribution is 2.28. The van der Waals surface area contributed by atoms with Crippen LogP contribution in [0, 0.1) is 11.8 Å². The van der Waals surface area contributed by atoms with Crippen molar-refractivity contribution >= 4 is 11.8 Å². The summed E-state index contributed by atoms with van der Waals surface area (Å²) in [5, 5.41) is 3.31. The van der Waals surface area contributed by atoms with Gasteiger partial charge in [0.05, 0.1) is 7.11 Å². The van der Waals surface area contributed by atoms with Gasteiger partial charge in [-0.3, -0.25) is 0 Å². The molecule has 19 heavy (non-hydrogen) atoms. The van der Waals surface area contributed by atoms with Crippen LogP contribution in [0.1, 0.15) is 43.0 Å². The Morgan fingerprint density at radius 3 is 3.11 bits per heavy atom. The number of hydrogen-bond donors (Lipinski definition) is 1. The van der Waals surface area contributed by atoms with Crippen LogP contribution in [0.25, 0.3) is 0 Å². The molecule has 1 fully saturated rings. The second kappa shape index (κ2) is 6.55. The highest BCUT2D eigenvalue weighted by molar-refractivity contribution is 5.94. The van der Waals surface area contributed by atoms with Gasteiger partial charge in [-0.25, -0.2) is 9.78 Å². The summed E-state index contributed by atoms with van der Waals surface area (Å²) in [5.74, 6) is 1.78. The SMILES string of the molecule is COC(=O)c1cccnc1NCC1CCCC(C)C1. The molecule has 0 aromatic carbocycles. The van der Waals surface area contributed by atoms with Gasteiger partial charge in [-0.1, -0.05) is 19.8 Å². The molecule has 104 valence electrons. The Kier molecular flexibility index (Phi) is 4.77. The maximum atomic E-state index is 11.6. The quantitative estimate of drug-likeness (QED) is 0.847. The number of aromatic nitrogens is 1. The standard InChI is InChI=1S/C15H22N2O2/c1-11-5-3-6-12(9-11)10-17-14-13(15(18)19-2)7-4-8-16-14/h4,7-8,11-12H,3,5-6,9-10H2,1-2H3,(H,16,17). The number of ether oxygens (including phenoxy) is 1. The molecule has 0 radical (unpaired) electrons. The second-order valence-corrected chi connectivity index (χ2v) is 5.41. The van der Waals surface area contributed by atoms with Gasteiger partial charge in [-0.15, -0.1) is 0 Å². The number of esters is 1. The Balaban J connectivity index is 1.97. The molecule has 1 aliphatic carbocycles. The van der Waals surface area contributed by atoms with Crippen molar-refractivity contribution in [2.75, 3.05) is 19.0 Å². The van der Waals surface area contributed by atoms with Crippen molar-refractivity contribution in [2.45, 2.75) is 32.6 Å². The fourth-order valence-corrected chi connectivity index (χ4v) is 2.81. The van der Waals surface area contributed by atoms with Crippen molar-refractivity contribution in [2.24, 2.45) is 11.8 Å². The van der Waals surface area contributed by atoms with Crippen LogP contribution >= 0.6 is 0 Å². The zero-order chi connectivity index (χ0) is 13.7. The maximum absolute atomic E-state index is 11.6. The zero-order valence-electron chi connectivity index (χ0n) is 11.7. The minimum atomic E-state index is -0.340. The summed E-state index contributed by atoms with van der Waals surface area (Å²) >= 11 is 0. The van der Waals surface area contributed by atoms with E-state index in [2.05, 4.69) is 17.2 Å². The van der Waals surface area contributed by atoms with Gasteiger partial charge in [-0.2, -0.15) is 0 Å². The molecule has 4 heteroatoms. The van der Waals surface area contributed by atoms with E-state index >= 15 is 0 Å². The Morgan fingerprint density at radius 2 is 2.37 bits per heavy atom. The van der Waals surface area contributed by atoms with Crippen molar-refractivity contribution in [1.29, 1.82) is 0 Å². The molecule has 1 heterocycles. The van der Waals surface area contributed by atoms with Crippen LogP contribution < -0.4 is 5.32 Å². The van der Waals surface area contributed by atoms with Crippen molar-refractivity contribution in [3.8, 4) is 0 Å². The summed E-state index contributed by atoms with van der Waals surface area (Å²) in [6.07, 6.45) is 6.86. The monoisotopic (exact) mass is 262 g/mol. The predicted molar refractivity (Wildman–Crippen MR) is 75.2 cm³/mol. The molecule has 2 rings (SSSR count). The molecule has 0 saturated heterocycles. The van der Waals surface area contributed by atoms with Crippen LogP contribution in [0.2, 0.25) is 0 Å². The van der Waals surface area contributed by atoms with Gasteiger partial charge in [0.2, 0.25) is 0 Å². The number of methoxy groups -OCH3 is 1. The minimum absolute atomic E-state index is 0.340. The van der Waals surface area contributed by atoms with Crippen LogP contribution in [0.15, 0.2) is 18.3 Å². The number of pyridine rings is 1. The van der Waals surface area contributed by atoms with Crippen molar-refractivity contribution in [3.63, 3.8) is 0 Å². The fraction of sp³-hybridized carbons (Fsp3) is 0.600. The van der Waals surface area contributed by atoms with Gasteiger partial charge in [0.1, 0.15) is 11.4 Å². The third-order valence-corrected chi connectivity index (χ3v) is 3.82. The molecule has 0 amide bonds. The van der Waals surface area contributed by atoms with E-state index in [9.17, 15) is 4.79 Å². The van der Waals surface area contributed by atoms with Crippen molar-refractivity contribution in [3.05, 3.63) is 23.9 Å². The molecule has 4 nitrogen and oxygen atoms in total. The fourth-order valence-electron chi connectivity index (χ4n) is 2.81. The molecule has 1 aromatic heterocycles. The molecule has 1 aromatic rings. The molecule has 1 aliphatic rings. The van der Waals surface area contributed by atoms with Gasteiger partial charge in [0.15, 0.2) is 0 Å². The molecule has 0 bridgehead atoms. The van der Waals surface area contributed by atoms with E-state index in [1.165, 1.54) is 32.8 Å². The van der Waals surface area contributed by atoms with E-state index in [1.807, 2.05) is 0 Å². The first-order valence-corrected chi connectivity index (χ1v) is 6.98. The van der Waals surface area contributed by atoms with Gasteiger partial charge >= 0.3 is 5.97 Å². The highest BCUT2D eigenvalue weighted by atomic mass is 16.5. The number of rotatable bonds is 4. The molecule has 2 atom stereocenters. The summed E-state index contributed by atoms with van der Waals surface area (Å²) in [4.78, 5) is 15.9. The first-order chi connectivity index (χ1) is 9.20. The number of carbonyl (C=O) groups excluding carboxylic acids is 1. The normalized spacial score (nSPS) is 22.8. The number of nitrogens with one attached hydrogen (secondary N) is 1. The first kappa shape index (κ1) is 13.8. The van der Waals surface area contributed by atoms with Crippen molar-refractivity contribution < 1.29 is 9.53 Å². The van der Waals surface area contributed by atoms with E-state index in [0.29, 0.717) is 17.3 Å². The van der Waals surface area contributed by atoms with E-state index in [4.69, 9.17) is 4.74 Å². The number of anilines is 1. The van der Waals surface area contributed by atoms with Gasteiger partial charge in [-0.05, 0) is 36.8 Å². The van der Waals surface area contributed by atoms with E-state index in [1.54, 1.807) is 18.3 Å². The lowest BCUT2D eigenvalue weighted by Crippen LogP contribution is -2.22. The third kappa shape index (κ3) is 3.69. The Bertz CT molecular complexity index is 434. The zero-order valence-corrected chi connectivity index (χ0v) is 11.7. The Labute approximate surface area is 114 Å². The lowest BCUT2D eigenvalue weighted by Gasteiger charge is -2.27. The highest BCUT2D eigenvalue weighted by Gasteiger charge is 2.19. The minimum Gasteiger partial charge on any atom is -0.465 e. The summed E-state index contributed by atoms with van der Waals surface area (Å²) in [7, 11) is 1.39. The largest absolute Gasteiger partial charge is 0.465 e. The topological polar surface area (TPSA) is 51.2 Å². The molecular weight excluding hydrogens is 240 g/mol. The van der Waals surface area contributed by atoms with Gasteiger partial charge in [0.25, 0.3) is 0 Å². The molecule has 1 N–H and O–H groups in total. The molecular formula is C15H22N2O2. The number of hydrogen-bond acceptors (Lipinski definition) is 4. The Hall–Kier alpha value is -1.58. The average Bonchev–Trinajstić information content (AvgIpc) is 2.45. The van der Waals surface area contributed by atoms with Crippen LogP contribution in [-0.2, 0) is 4.74 Å². The molecule has 2 unspecified atom stereocenters. The van der Waals surface area contributed by atoms with Gasteiger partial charge < -0.3 is 10.1 Å². The summed E-state index contributed by atoms with van der Waals surface area (Å²) in [6.45, 7) is 3.19. The Morgan fingerprint density at radius 1 is 1.53 bits per heavy atom. The summed E-state index contributed by atoms with van der Waals surface area (Å²) in [5.41, 5.74) is 0.508. The van der Waals surface area contributed by atoms with E-state index in [-0.39, 0.29) is 5.97 Å². The van der Waals surface area contributed by atoms with Crippen LogP contribution in [0.3, 0.4) is 0 Å². The summed E-state index contributed by atoms with van der Waals surface area (Å²) < 4.78 is 4.77. The van der Waals surface area contributed by atoms with Crippen LogP contribution in [0.5, 0.6) is 0 Å². The van der Waals surface area contributed by atoms with Crippen LogP contribution in [-0.4, -0.2) is 24.6 Å². The van der Waals surface area contributed by atoms with E-state index in [0.717, 1.165) is 12.5 Å². The van der Waals surface area contributed by atoms with Crippen LogP contribution in [0.4, 0.5) is 5.82 Å². The molecule has 0 aliphatic heterocycles. The number of nitrogens with zero attached hydrogens (tertiary/aromatic N) is 1. The third-order valence-electron chi connectivity index (χ3n) is 3.82. The number of carbonyl (C=O) groups is 1. The maximum Gasteiger partial charge on any atom is 0.341 e. The van der Waals surface area contributed by atoms with E-state index < -0.39 is 0 Å². The summed E-state index contributed by atoms with van der Waals surface area (Å²) in [6, 6.07) is 3.49. The average molecular weight is 262 g/mol.